The van der Waals surface area contributed by atoms with Crippen molar-refractivity contribution in [1.29, 1.82) is 0 Å². The van der Waals surface area contributed by atoms with Gasteiger partial charge in [-0.3, -0.25) is 9.59 Å². The van der Waals surface area contributed by atoms with Crippen molar-refractivity contribution in [2.75, 3.05) is 27.2 Å². The molecule has 0 aliphatic carbocycles. The third kappa shape index (κ3) is 10.4. The number of carboxylic acid groups (broad SMARTS) is 3. The summed E-state index contributed by atoms with van der Waals surface area (Å²) in [6, 6.07) is 26.2. The van der Waals surface area contributed by atoms with Crippen molar-refractivity contribution in [3.8, 4) is 11.5 Å². The quantitative estimate of drug-likeness (QED) is 0.183. The predicted octanol–water partition coefficient (Wildman–Crippen LogP) is 4.45. The lowest BCUT2D eigenvalue weighted by Crippen LogP contribution is -2.42. The van der Waals surface area contributed by atoms with Crippen LogP contribution in [0.4, 0.5) is 0 Å². The van der Waals surface area contributed by atoms with E-state index in [1.54, 1.807) is 6.07 Å². The van der Waals surface area contributed by atoms with Crippen LogP contribution < -0.4 is 4.74 Å². The minimum Gasteiger partial charge on any atom is -0.508 e. The van der Waals surface area contributed by atoms with Crippen LogP contribution in [0.25, 0.3) is 11.1 Å². The summed E-state index contributed by atoms with van der Waals surface area (Å²) < 4.78 is 5.85. The van der Waals surface area contributed by atoms with Gasteiger partial charge in [0.1, 0.15) is 18.1 Å². The number of phenolic OH excluding ortho intramolecular Hbond substituents is 1. The molecule has 5 N–H and O–H groups in total. The second-order valence-corrected chi connectivity index (χ2v) is 9.78. The maximum absolute atomic E-state index is 10.3. The van der Waals surface area contributed by atoms with Gasteiger partial charge in [-0.05, 0) is 72.6 Å². The molecule has 0 saturated heterocycles. The topological polar surface area (TPSA) is 165 Å². The van der Waals surface area contributed by atoms with Crippen LogP contribution in [0.2, 0.25) is 0 Å². The van der Waals surface area contributed by atoms with Crippen LogP contribution in [0.15, 0.2) is 78.9 Å². The Hall–Kier alpha value is -4.67. The zero-order valence-corrected chi connectivity index (χ0v) is 23.9. The Morgan fingerprint density at radius 3 is 1.83 bits per heavy atom. The summed E-state index contributed by atoms with van der Waals surface area (Å²) in [5.74, 6) is -3.88. The number of carboxylic acids is 3. The number of hydrogen-bond acceptors (Lipinski definition) is 7. The fourth-order valence-corrected chi connectivity index (χ4v) is 4.12. The van der Waals surface area contributed by atoms with Crippen LogP contribution >= 0.6 is 0 Å². The second-order valence-electron chi connectivity index (χ2n) is 9.78. The molecule has 0 spiro atoms. The summed E-state index contributed by atoms with van der Waals surface area (Å²) in [6.45, 7) is 3.71. The first-order valence-corrected chi connectivity index (χ1v) is 13.2. The lowest BCUT2D eigenvalue weighted by atomic mass is 9.88. The largest absolute Gasteiger partial charge is 0.508 e. The van der Waals surface area contributed by atoms with Crippen LogP contribution in [-0.2, 0) is 14.4 Å². The van der Waals surface area contributed by atoms with Gasteiger partial charge in [0.05, 0.1) is 12.8 Å². The monoisotopic (exact) mass is 579 g/mol. The Kier molecular flexibility index (Phi) is 12.7. The molecule has 0 bridgehead atoms. The number of nitrogens with zero attached hydrogens (tertiary/aromatic N) is 1. The lowest BCUT2D eigenvalue weighted by molar-refractivity contribution is -0.170. The standard InChI is InChI=1S/C26H29NO2.C6H8O7/c1-4-25(20-9-6-5-7-10-20)26(22-11-8-12-23(28)19-22)21-13-15-24(16-14-21)29-18-17-27(2)3;7-3(8)1-6(13,5(11)12)2-4(9)10/h5-16,19,28H,4,17-18H2,1-3H3;13H,1-2H2,(H,7,8)(H,9,10)(H,11,12)/b26-25+;. The van der Waals surface area contributed by atoms with Gasteiger partial charge in [-0.25, -0.2) is 4.79 Å². The first kappa shape index (κ1) is 33.5. The second kappa shape index (κ2) is 15.9. The number of carbonyl (C=O) groups is 3. The molecule has 0 fully saturated rings. The summed E-state index contributed by atoms with van der Waals surface area (Å²) >= 11 is 0. The van der Waals surface area contributed by atoms with Crippen LogP contribution in [0.5, 0.6) is 11.5 Å². The van der Waals surface area contributed by atoms with Crippen LogP contribution in [0, 0.1) is 0 Å². The first-order valence-electron chi connectivity index (χ1n) is 13.2. The third-order valence-corrected chi connectivity index (χ3v) is 6.15. The Bertz CT molecular complexity index is 1350. The highest BCUT2D eigenvalue weighted by Gasteiger charge is 2.40. The molecule has 0 radical (unpaired) electrons. The highest BCUT2D eigenvalue weighted by molar-refractivity contribution is 5.98. The molecule has 10 nitrogen and oxygen atoms in total. The highest BCUT2D eigenvalue weighted by Crippen LogP contribution is 2.36. The average molecular weight is 580 g/mol. The molecule has 0 aliphatic rings. The molecular formula is C32H37NO9. The average Bonchev–Trinajstić information content (AvgIpc) is 2.92. The molecule has 10 heteroatoms. The van der Waals surface area contributed by atoms with E-state index in [1.165, 1.54) is 11.1 Å². The number of ether oxygens (including phenoxy) is 1. The SMILES string of the molecule is CC/C(=C(/c1ccc(OCCN(C)C)cc1)c1cccc(O)c1)c1ccccc1.O=C(O)CC(O)(CC(=O)O)C(=O)O. The number of likely N-dealkylation sites (N-methyl/N-ethyl adjacent to an activating group) is 1. The molecule has 42 heavy (non-hydrogen) atoms. The molecule has 0 aromatic heterocycles. The van der Waals surface area contributed by atoms with E-state index >= 15 is 0 Å². The van der Waals surface area contributed by atoms with E-state index in [0.717, 1.165) is 35.4 Å². The molecule has 0 heterocycles. The number of allylic oxidation sites excluding steroid dienone is 1. The van der Waals surface area contributed by atoms with Gasteiger partial charge in [0.15, 0.2) is 5.60 Å². The van der Waals surface area contributed by atoms with Crippen LogP contribution in [-0.4, -0.2) is 81.2 Å². The van der Waals surface area contributed by atoms with Gasteiger partial charge < -0.3 is 35.2 Å². The number of hydrogen-bond donors (Lipinski definition) is 5. The molecular weight excluding hydrogens is 542 g/mol. The number of rotatable bonds is 13. The molecule has 0 saturated carbocycles. The Labute approximate surface area is 244 Å². The fourth-order valence-electron chi connectivity index (χ4n) is 4.12. The Balaban J connectivity index is 0.000000401. The number of aromatic hydroxyl groups is 1. The van der Waals surface area contributed by atoms with Crippen molar-refractivity contribution in [2.45, 2.75) is 31.8 Å². The van der Waals surface area contributed by atoms with Gasteiger partial charge in [0.2, 0.25) is 0 Å². The van der Waals surface area contributed by atoms with E-state index in [1.807, 2.05) is 44.4 Å². The van der Waals surface area contributed by atoms with Crippen molar-refractivity contribution >= 4 is 29.1 Å². The van der Waals surface area contributed by atoms with Crippen LogP contribution in [0.1, 0.15) is 42.9 Å². The third-order valence-electron chi connectivity index (χ3n) is 6.15. The van der Waals surface area contributed by atoms with Crippen molar-refractivity contribution < 1.29 is 44.7 Å². The smallest absolute Gasteiger partial charge is 0.336 e. The molecule has 0 aliphatic heterocycles. The summed E-state index contributed by atoms with van der Waals surface area (Å²) in [6.07, 6.45) is -1.40. The minimum absolute atomic E-state index is 0.271. The maximum Gasteiger partial charge on any atom is 0.336 e. The minimum atomic E-state index is -2.74. The Morgan fingerprint density at radius 1 is 0.786 bits per heavy atom. The van der Waals surface area contributed by atoms with Crippen molar-refractivity contribution in [1.82, 2.24) is 4.90 Å². The summed E-state index contributed by atoms with van der Waals surface area (Å²) in [5, 5.41) is 43.9. The lowest BCUT2D eigenvalue weighted by Gasteiger charge is -2.18. The number of aliphatic carboxylic acids is 3. The molecule has 0 amide bonds. The number of aliphatic hydroxyl groups is 1. The number of phenols is 1. The van der Waals surface area contributed by atoms with Crippen molar-refractivity contribution in [3.63, 3.8) is 0 Å². The van der Waals surface area contributed by atoms with Gasteiger partial charge in [0.25, 0.3) is 0 Å². The van der Waals surface area contributed by atoms with Crippen molar-refractivity contribution in [3.05, 3.63) is 95.6 Å². The van der Waals surface area contributed by atoms with E-state index < -0.39 is 36.4 Å². The molecule has 0 unspecified atom stereocenters. The van der Waals surface area contributed by atoms with E-state index in [9.17, 15) is 19.5 Å². The molecule has 3 aromatic rings. The zero-order chi connectivity index (χ0) is 31.3. The summed E-state index contributed by atoms with van der Waals surface area (Å²) in [5.41, 5.74) is 2.95. The van der Waals surface area contributed by atoms with Gasteiger partial charge in [-0.1, -0.05) is 61.5 Å². The van der Waals surface area contributed by atoms with Gasteiger partial charge in [0, 0.05) is 6.54 Å². The Morgan fingerprint density at radius 2 is 1.36 bits per heavy atom. The van der Waals surface area contributed by atoms with Crippen molar-refractivity contribution in [2.24, 2.45) is 0 Å². The van der Waals surface area contributed by atoms with Gasteiger partial charge in [-0.15, -0.1) is 0 Å². The van der Waals surface area contributed by atoms with E-state index in [4.69, 9.17) is 25.2 Å². The molecule has 224 valence electrons. The fraction of sp³-hybridized carbons (Fsp3) is 0.281. The van der Waals surface area contributed by atoms with Gasteiger partial charge >= 0.3 is 17.9 Å². The highest BCUT2D eigenvalue weighted by atomic mass is 16.5. The van der Waals surface area contributed by atoms with E-state index in [2.05, 4.69) is 54.3 Å². The molecule has 3 aromatic carbocycles. The van der Waals surface area contributed by atoms with Crippen LogP contribution in [0.3, 0.4) is 0 Å². The van der Waals surface area contributed by atoms with Gasteiger partial charge in [-0.2, -0.15) is 0 Å². The maximum atomic E-state index is 10.3. The summed E-state index contributed by atoms with van der Waals surface area (Å²) in [7, 11) is 4.07. The normalized spacial score (nSPS) is 11.6. The first-order chi connectivity index (χ1) is 19.9. The van der Waals surface area contributed by atoms with E-state index in [-0.39, 0.29) is 5.75 Å². The van der Waals surface area contributed by atoms with E-state index in [0.29, 0.717) is 6.61 Å². The number of benzene rings is 3. The zero-order valence-electron chi connectivity index (χ0n) is 23.9. The molecule has 3 rings (SSSR count). The predicted molar refractivity (Wildman–Crippen MR) is 158 cm³/mol. The summed E-state index contributed by atoms with van der Waals surface area (Å²) in [4.78, 5) is 32.6. The molecule has 0 atom stereocenters.